The van der Waals surface area contributed by atoms with Crippen LogP contribution in [0.5, 0.6) is 0 Å². The fourth-order valence-corrected chi connectivity index (χ4v) is 1.36. The molecule has 0 saturated heterocycles. The molecule has 4 N–H and O–H groups in total. The smallest absolute Gasteiger partial charge is 0.0138 e. The van der Waals surface area contributed by atoms with Gasteiger partial charge in [-0.15, -0.1) is 0 Å². The number of hydrogen-bond donors (Lipinski definition) is 3. The summed E-state index contributed by atoms with van der Waals surface area (Å²) in [7, 11) is 1.97. The Kier molecular flexibility index (Phi) is 5.22. The highest BCUT2D eigenvalue weighted by molar-refractivity contribution is 5.23. The lowest BCUT2D eigenvalue weighted by Gasteiger charge is -2.03. The van der Waals surface area contributed by atoms with Crippen LogP contribution in [0.25, 0.3) is 0 Å². The zero-order valence-electron chi connectivity index (χ0n) is 8.72. The van der Waals surface area contributed by atoms with Crippen molar-refractivity contribution in [2.45, 2.75) is 12.8 Å². The first-order chi connectivity index (χ1) is 6.86. The van der Waals surface area contributed by atoms with E-state index in [-0.39, 0.29) is 0 Å². The number of benzene rings is 1. The number of hydrazine groups is 1. The monoisotopic (exact) mass is 193 g/mol. The van der Waals surface area contributed by atoms with Gasteiger partial charge in [-0.25, -0.2) is 0 Å². The summed E-state index contributed by atoms with van der Waals surface area (Å²) in [6.07, 6.45) is 2.08. The number of likely N-dealkylation sites (N-methyl/N-ethyl adjacent to an activating group) is 1. The van der Waals surface area contributed by atoms with Crippen LogP contribution in [0.15, 0.2) is 24.3 Å². The summed E-state index contributed by atoms with van der Waals surface area (Å²) in [6, 6.07) is 8.71. The maximum Gasteiger partial charge on any atom is 0.0138 e. The van der Waals surface area contributed by atoms with Gasteiger partial charge in [-0.3, -0.25) is 11.3 Å². The zero-order chi connectivity index (χ0) is 10.2. The highest BCUT2D eigenvalue weighted by atomic mass is 15.2. The van der Waals surface area contributed by atoms with Gasteiger partial charge in [0.1, 0.15) is 0 Å². The normalized spacial score (nSPS) is 10.4. The molecule has 0 saturated carbocycles. The van der Waals surface area contributed by atoms with Crippen molar-refractivity contribution in [1.29, 1.82) is 0 Å². The van der Waals surface area contributed by atoms with E-state index in [1.54, 1.807) is 0 Å². The molecule has 0 radical (unpaired) electrons. The van der Waals surface area contributed by atoms with Crippen LogP contribution in [-0.2, 0) is 12.8 Å². The molecule has 1 aromatic rings. The van der Waals surface area contributed by atoms with Crippen LogP contribution < -0.4 is 16.6 Å². The second-order valence-corrected chi connectivity index (χ2v) is 3.37. The minimum atomic E-state index is 0.829. The lowest BCUT2D eigenvalue weighted by atomic mass is 10.1. The van der Waals surface area contributed by atoms with Gasteiger partial charge < -0.3 is 5.32 Å². The number of hydrogen-bond acceptors (Lipinski definition) is 3. The van der Waals surface area contributed by atoms with Crippen molar-refractivity contribution in [3.63, 3.8) is 0 Å². The molecule has 0 fully saturated rings. The van der Waals surface area contributed by atoms with E-state index in [4.69, 9.17) is 5.84 Å². The van der Waals surface area contributed by atoms with Crippen molar-refractivity contribution >= 4 is 0 Å². The van der Waals surface area contributed by atoms with E-state index in [0.717, 1.165) is 25.9 Å². The maximum absolute atomic E-state index is 5.21. The maximum atomic E-state index is 5.21. The van der Waals surface area contributed by atoms with E-state index in [0.29, 0.717) is 0 Å². The van der Waals surface area contributed by atoms with Gasteiger partial charge in [-0.1, -0.05) is 24.3 Å². The molecule has 1 rings (SSSR count). The topological polar surface area (TPSA) is 50.1 Å². The zero-order valence-corrected chi connectivity index (χ0v) is 8.72. The molecule has 78 valence electrons. The van der Waals surface area contributed by atoms with Crippen LogP contribution in [0.4, 0.5) is 0 Å². The fraction of sp³-hybridized carbons (Fsp3) is 0.455. The van der Waals surface area contributed by atoms with Crippen LogP contribution in [0.2, 0.25) is 0 Å². The molecule has 14 heavy (non-hydrogen) atoms. The second kappa shape index (κ2) is 6.54. The summed E-state index contributed by atoms with van der Waals surface area (Å²) in [5.74, 6) is 5.21. The fourth-order valence-electron chi connectivity index (χ4n) is 1.36. The molecule has 0 amide bonds. The molecule has 0 heterocycles. The Bertz CT molecular complexity index is 216. The van der Waals surface area contributed by atoms with E-state index in [2.05, 4.69) is 35.0 Å². The van der Waals surface area contributed by atoms with Crippen molar-refractivity contribution in [3.8, 4) is 0 Å². The Hall–Kier alpha value is -0.900. The largest absolute Gasteiger partial charge is 0.319 e. The molecule has 0 aliphatic rings. The first kappa shape index (κ1) is 11.2. The highest BCUT2D eigenvalue weighted by Gasteiger charge is 1.94. The van der Waals surface area contributed by atoms with Crippen molar-refractivity contribution in [2.75, 3.05) is 20.1 Å². The van der Waals surface area contributed by atoms with Gasteiger partial charge in [0.05, 0.1) is 0 Å². The number of rotatable bonds is 6. The van der Waals surface area contributed by atoms with E-state index < -0.39 is 0 Å². The molecular formula is C11H19N3. The Morgan fingerprint density at radius 2 is 1.50 bits per heavy atom. The molecule has 1 aromatic carbocycles. The SMILES string of the molecule is CNCCc1ccc(CCNN)cc1. The van der Waals surface area contributed by atoms with Crippen LogP contribution in [0.1, 0.15) is 11.1 Å². The van der Waals surface area contributed by atoms with E-state index in [9.17, 15) is 0 Å². The lowest BCUT2D eigenvalue weighted by molar-refractivity contribution is 0.728. The summed E-state index contributed by atoms with van der Waals surface area (Å²) in [4.78, 5) is 0. The second-order valence-electron chi connectivity index (χ2n) is 3.37. The van der Waals surface area contributed by atoms with E-state index in [1.807, 2.05) is 7.05 Å². The Balaban J connectivity index is 2.42. The summed E-state index contributed by atoms with van der Waals surface area (Å²) in [5, 5.41) is 3.14. The Labute approximate surface area is 85.7 Å². The molecule has 0 spiro atoms. The Morgan fingerprint density at radius 3 is 1.93 bits per heavy atom. The summed E-state index contributed by atoms with van der Waals surface area (Å²) >= 11 is 0. The third-order valence-corrected chi connectivity index (χ3v) is 2.24. The molecule has 0 atom stereocenters. The quantitative estimate of drug-likeness (QED) is 0.454. The van der Waals surface area contributed by atoms with Crippen molar-refractivity contribution in [3.05, 3.63) is 35.4 Å². The molecular weight excluding hydrogens is 174 g/mol. The van der Waals surface area contributed by atoms with Gasteiger partial charge in [-0.05, 0) is 37.6 Å². The first-order valence-corrected chi connectivity index (χ1v) is 5.02. The van der Waals surface area contributed by atoms with Crippen molar-refractivity contribution in [2.24, 2.45) is 5.84 Å². The van der Waals surface area contributed by atoms with E-state index >= 15 is 0 Å². The van der Waals surface area contributed by atoms with Crippen molar-refractivity contribution < 1.29 is 0 Å². The summed E-state index contributed by atoms with van der Waals surface area (Å²) < 4.78 is 0. The highest BCUT2D eigenvalue weighted by Crippen LogP contribution is 2.05. The molecule has 0 aromatic heterocycles. The van der Waals surface area contributed by atoms with Gasteiger partial charge >= 0.3 is 0 Å². The standard InChI is InChI=1S/C11H19N3/c1-13-8-6-10-2-4-11(5-3-10)7-9-14-12/h2-5,13-14H,6-9,12H2,1H3. The molecule has 0 bridgehead atoms. The number of nitrogens with one attached hydrogen (secondary N) is 2. The van der Waals surface area contributed by atoms with Crippen LogP contribution in [0.3, 0.4) is 0 Å². The van der Waals surface area contributed by atoms with Gasteiger partial charge in [0, 0.05) is 6.54 Å². The average molecular weight is 193 g/mol. The third kappa shape index (κ3) is 3.87. The minimum Gasteiger partial charge on any atom is -0.319 e. The predicted molar refractivity (Wildman–Crippen MR) is 60.0 cm³/mol. The molecule has 3 heteroatoms. The number of nitrogens with two attached hydrogens (primary N) is 1. The minimum absolute atomic E-state index is 0.829. The van der Waals surface area contributed by atoms with Gasteiger partial charge in [-0.2, -0.15) is 0 Å². The molecule has 0 unspecified atom stereocenters. The Morgan fingerprint density at radius 1 is 1.00 bits per heavy atom. The molecule has 0 aliphatic heterocycles. The lowest BCUT2D eigenvalue weighted by Crippen LogP contribution is -2.24. The summed E-state index contributed by atoms with van der Waals surface area (Å²) in [5.41, 5.74) is 5.36. The van der Waals surface area contributed by atoms with Crippen molar-refractivity contribution in [1.82, 2.24) is 10.7 Å². The van der Waals surface area contributed by atoms with Crippen LogP contribution >= 0.6 is 0 Å². The van der Waals surface area contributed by atoms with Crippen LogP contribution in [0, 0.1) is 0 Å². The van der Waals surface area contributed by atoms with Gasteiger partial charge in [0.25, 0.3) is 0 Å². The van der Waals surface area contributed by atoms with Gasteiger partial charge in [0.2, 0.25) is 0 Å². The molecule has 0 aliphatic carbocycles. The van der Waals surface area contributed by atoms with Gasteiger partial charge in [0.15, 0.2) is 0 Å². The van der Waals surface area contributed by atoms with Crippen LogP contribution in [-0.4, -0.2) is 20.1 Å². The summed E-state index contributed by atoms with van der Waals surface area (Å²) in [6.45, 7) is 1.86. The van der Waals surface area contributed by atoms with E-state index in [1.165, 1.54) is 11.1 Å². The average Bonchev–Trinajstić information content (AvgIpc) is 2.25. The predicted octanol–water partition coefficient (Wildman–Crippen LogP) is 0.454. The third-order valence-electron chi connectivity index (χ3n) is 2.24. The first-order valence-electron chi connectivity index (χ1n) is 5.02. The molecule has 3 nitrogen and oxygen atoms in total.